The fourth-order valence-corrected chi connectivity index (χ4v) is 2.57. The summed E-state index contributed by atoms with van der Waals surface area (Å²) in [6.07, 6.45) is 0. The number of carboxylic acids is 1. The minimum atomic E-state index is -0.919. The number of rotatable bonds is 7. The van der Waals surface area contributed by atoms with Crippen LogP contribution in [0.5, 0.6) is 5.75 Å². The molecule has 26 heavy (non-hydrogen) atoms. The van der Waals surface area contributed by atoms with Crippen molar-refractivity contribution < 1.29 is 14.6 Å². The van der Waals surface area contributed by atoms with E-state index < -0.39 is 5.97 Å². The molecule has 0 unspecified atom stereocenters. The van der Waals surface area contributed by atoms with Crippen molar-refractivity contribution in [2.45, 2.75) is 20.1 Å². The van der Waals surface area contributed by atoms with E-state index in [2.05, 4.69) is 24.4 Å². The maximum absolute atomic E-state index is 10.9. The van der Waals surface area contributed by atoms with Gasteiger partial charge in [-0.15, -0.1) is 0 Å². The van der Waals surface area contributed by atoms with Crippen LogP contribution in [0.25, 0.3) is 0 Å². The summed E-state index contributed by atoms with van der Waals surface area (Å²) in [6.45, 7) is 3.29. The number of benzene rings is 3. The van der Waals surface area contributed by atoms with E-state index in [1.807, 2.05) is 36.4 Å². The first-order chi connectivity index (χ1) is 12.6. The molecule has 4 nitrogen and oxygen atoms in total. The highest BCUT2D eigenvalue weighted by molar-refractivity contribution is 5.87. The summed E-state index contributed by atoms with van der Waals surface area (Å²) in [4.78, 5) is 10.9. The van der Waals surface area contributed by atoms with Gasteiger partial charge in [0.15, 0.2) is 0 Å². The van der Waals surface area contributed by atoms with Gasteiger partial charge >= 0.3 is 5.97 Å². The molecule has 0 saturated carbocycles. The lowest BCUT2D eigenvalue weighted by atomic mass is 10.1. The van der Waals surface area contributed by atoms with Crippen LogP contribution in [0.3, 0.4) is 0 Å². The topological polar surface area (TPSA) is 58.6 Å². The van der Waals surface area contributed by atoms with Gasteiger partial charge < -0.3 is 15.2 Å². The van der Waals surface area contributed by atoms with Gasteiger partial charge in [0.1, 0.15) is 12.4 Å². The predicted molar refractivity (Wildman–Crippen MR) is 103 cm³/mol. The van der Waals surface area contributed by atoms with E-state index in [1.165, 1.54) is 11.1 Å². The Kier molecular flexibility index (Phi) is 5.54. The number of aryl methyl sites for hydroxylation is 1. The quantitative estimate of drug-likeness (QED) is 0.639. The van der Waals surface area contributed by atoms with E-state index >= 15 is 0 Å². The predicted octanol–water partition coefficient (Wildman–Crippen LogP) is 4.88. The Morgan fingerprint density at radius 1 is 0.962 bits per heavy atom. The van der Waals surface area contributed by atoms with Crippen molar-refractivity contribution >= 4 is 11.7 Å². The summed E-state index contributed by atoms with van der Waals surface area (Å²) >= 11 is 0. The molecule has 132 valence electrons. The molecular weight excluding hydrogens is 326 g/mol. The maximum Gasteiger partial charge on any atom is 0.335 e. The highest BCUT2D eigenvalue weighted by atomic mass is 16.5. The standard InChI is InChI=1S/C22H21NO3/c1-16-4-2-3-5-19(16)15-26-21-12-6-17(7-13-21)14-23-20-10-8-18(9-11-20)22(24)25/h2-13,23H,14-15H2,1H3,(H,24,25). The van der Waals surface area contributed by atoms with E-state index in [-0.39, 0.29) is 5.56 Å². The van der Waals surface area contributed by atoms with Crippen LogP contribution in [0.1, 0.15) is 27.0 Å². The van der Waals surface area contributed by atoms with E-state index in [9.17, 15) is 4.79 Å². The first-order valence-corrected chi connectivity index (χ1v) is 8.45. The van der Waals surface area contributed by atoms with Crippen molar-refractivity contribution in [3.05, 3.63) is 95.1 Å². The van der Waals surface area contributed by atoms with Crippen LogP contribution in [0, 0.1) is 6.92 Å². The summed E-state index contributed by atoms with van der Waals surface area (Å²) in [7, 11) is 0. The molecule has 0 atom stereocenters. The Labute approximate surface area is 153 Å². The van der Waals surface area contributed by atoms with Gasteiger partial charge in [-0.1, -0.05) is 36.4 Å². The minimum absolute atomic E-state index is 0.283. The zero-order valence-electron chi connectivity index (χ0n) is 14.6. The zero-order valence-corrected chi connectivity index (χ0v) is 14.6. The Bertz CT molecular complexity index is 871. The first-order valence-electron chi connectivity index (χ1n) is 8.45. The molecule has 4 heteroatoms. The number of carboxylic acid groups (broad SMARTS) is 1. The lowest BCUT2D eigenvalue weighted by Gasteiger charge is -2.10. The van der Waals surface area contributed by atoms with Gasteiger partial charge in [0.2, 0.25) is 0 Å². The van der Waals surface area contributed by atoms with Gasteiger partial charge in [-0.2, -0.15) is 0 Å². The van der Waals surface area contributed by atoms with Crippen LogP contribution in [0.15, 0.2) is 72.8 Å². The number of anilines is 1. The Morgan fingerprint density at radius 3 is 2.31 bits per heavy atom. The molecule has 0 radical (unpaired) electrons. The summed E-state index contributed by atoms with van der Waals surface area (Å²) in [5, 5.41) is 12.2. The maximum atomic E-state index is 10.9. The van der Waals surface area contributed by atoms with Crippen LogP contribution >= 0.6 is 0 Å². The normalized spacial score (nSPS) is 10.3. The number of carbonyl (C=O) groups is 1. The molecular formula is C22H21NO3. The fourth-order valence-electron chi connectivity index (χ4n) is 2.57. The third-order valence-electron chi connectivity index (χ3n) is 4.21. The Balaban J connectivity index is 1.52. The van der Waals surface area contributed by atoms with Gasteiger partial charge in [0.25, 0.3) is 0 Å². The first kappa shape index (κ1) is 17.5. The summed E-state index contributed by atoms with van der Waals surface area (Å²) < 4.78 is 5.85. The molecule has 0 fully saturated rings. The molecule has 0 aliphatic carbocycles. The summed E-state index contributed by atoms with van der Waals surface area (Å²) in [5.41, 5.74) is 4.70. The SMILES string of the molecule is Cc1ccccc1COc1ccc(CNc2ccc(C(=O)O)cc2)cc1. The van der Waals surface area contributed by atoms with Crippen LogP contribution in [0.2, 0.25) is 0 Å². The van der Waals surface area contributed by atoms with Crippen LogP contribution in [-0.4, -0.2) is 11.1 Å². The number of ether oxygens (including phenoxy) is 1. The van der Waals surface area contributed by atoms with Crippen LogP contribution in [0.4, 0.5) is 5.69 Å². The molecule has 0 aliphatic rings. The van der Waals surface area contributed by atoms with Gasteiger partial charge in [0, 0.05) is 12.2 Å². The molecule has 3 aromatic carbocycles. The second kappa shape index (κ2) is 8.21. The zero-order chi connectivity index (χ0) is 18.4. The average Bonchev–Trinajstić information content (AvgIpc) is 2.67. The van der Waals surface area contributed by atoms with Gasteiger partial charge in [-0.05, 0) is 60.0 Å². The largest absolute Gasteiger partial charge is 0.489 e. The molecule has 0 aromatic heterocycles. The molecule has 3 aromatic rings. The smallest absolute Gasteiger partial charge is 0.335 e. The highest BCUT2D eigenvalue weighted by Gasteiger charge is 2.02. The van der Waals surface area contributed by atoms with Crippen LogP contribution in [-0.2, 0) is 13.2 Å². The number of nitrogens with one attached hydrogen (secondary N) is 1. The Hall–Kier alpha value is -3.27. The van der Waals surface area contributed by atoms with Crippen molar-refractivity contribution in [2.75, 3.05) is 5.32 Å². The molecule has 0 amide bonds. The third-order valence-corrected chi connectivity index (χ3v) is 4.21. The molecule has 2 N–H and O–H groups in total. The second-order valence-corrected chi connectivity index (χ2v) is 6.10. The van der Waals surface area contributed by atoms with Crippen molar-refractivity contribution in [2.24, 2.45) is 0 Å². The van der Waals surface area contributed by atoms with E-state index in [0.717, 1.165) is 17.0 Å². The summed E-state index contributed by atoms with van der Waals surface area (Å²) in [6, 6.07) is 22.9. The van der Waals surface area contributed by atoms with Crippen molar-refractivity contribution in [3.63, 3.8) is 0 Å². The molecule has 0 bridgehead atoms. The lowest BCUT2D eigenvalue weighted by molar-refractivity contribution is 0.0697. The lowest BCUT2D eigenvalue weighted by Crippen LogP contribution is -2.01. The molecule has 3 rings (SSSR count). The summed E-state index contributed by atoms with van der Waals surface area (Å²) in [5.74, 6) is -0.0827. The average molecular weight is 347 g/mol. The van der Waals surface area contributed by atoms with Gasteiger partial charge in [-0.3, -0.25) is 0 Å². The van der Waals surface area contributed by atoms with Crippen molar-refractivity contribution in [1.29, 1.82) is 0 Å². The Morgan fingerprint density at radius 2 is 1.65 bits per heavy atom. The second-order valence-electron chi connectivity index (χ2n) is 6.10. The van der Waals surface area contributed by atoms with Gasteiger partial charge in [-0.25, -0.2) is 4.79 Å². The third kappa shape index (κ3) is 4.63. The minimum Gasteiger partial charge on any atom is -0.489 e. The molecule has 0 saturated heterocycles. The van der Waals surface area contributed by atoms with Gasteiger partial charge in [0.05, 0.1) is 5.56 Å². The number of hydrogen-bond donors (Lipinski definition) is 2. The monoisotopic (exact) mass is 347 g/mol. The molecule has 0 spiro atoms. The number of hydrogen-bond acceptors (Lipinski definition) is 3. The van der Waals surface area contributed by atoms with Crippen LogP contribution < -0.4 is 10.1 Å². The van der Waals surface area contributed by atoms with E-state index in [1.54, 1.807) is 24.3 Å². The molecule has 0 aliphatic heterocycles. The molecule has 0 heterocycles. The van der Waals surface area contributed by atoms with Crippen molar-refractivity contribution in [3.8, 4) is 5.75 Å². The highest BCUT2D eigenvalue weighted by Crippen LogP contribution is 2.17. The van der Waals surface area contributed by atoms with Crippen molar-refractivity contribution in [1.82, 2.24) is 0 Å². The number of aromatic carboxylic acids is 1. The van der Waals surface area contributed by atoms with E-state index in [4.69, 9.17) is 9.84 Å². The fraction of sp³-hybridized carbons (Fsp3) is 0.136. The van der Waals surface area contributed by atoms with E-state index in [0.29, 0.717) is 13.2 Å².